The first-order chi connectivity index (χ1) is 12.2. The molecular weight excluding hydrogens is 342 g/mol. The molecule has 0 radical (unpaired) electrons. The summed E-state index contributed by atoms with van der Waals surface area (Å²) in [4.78, 5) is 10.9. The highest BCUT2D eigenvalue weighted by molar-refractivity contribution is 5.73. The SMILES string of the molecule is CCNc1c(F)ccc(Oc2c(C)cc(CC(N)C(=O)O)cc2C)c1F. The molecule has 0 aliphatic rings. The third-order valence-corrected chi connectivity index (χ3v) is 3.91. The van der Waals surface area contributed by atoms with Crippen LogP contribution >= 0.6 is 0 Å². The van der Waals surface area contributed by atoms with Crippen molar-refractivity contribution in [1.29, 1.82) is 0 Å². The van der Waals surface area contributed by atoms with Crippen molar-refractivity contribution in [2.24, 2.45) is 5.73 Å². The number of carboxylic acid groups (broad SMARTS) is 1. The first-order valence-electron chi connectivity index (χ1n) is 8.22. The molecule has 0 saturated heterocycles. The summed E-state index contributed by atoms with van der Waals surface area (Å²) in [5.41, 5.74) is 7.48. The van der Waals surface area contributed by atoms with Crippen molar-refractivity contribution in [1.82, 2.24) is 0 Å². The Balaban J connectivity index is 2.33. The van der Waals surface area contributed by atoms with Gasteiger partial charge in [0.25, 0.3) is 0 Å². The van der Waals surface area contributed by atoms with Crippen LogP contribution in [0.4, 0.5) is 14.5 Å². The number of rotatable bonds is 7. The minimum Gasteiger partial charge on any atom is -0.480 e. The molecule has 140 valence electrons. The zero-order chi connectivity index (χ0) is 19.4. The number of nitrogens with two attached hydrogens (primary N) is 1. The molecule has 4 N–H and O–H groups in total. The predicted octanol–water partition coefficient (Wildman–Crippen LogP) is 3.76. The summed E-state index contributed by atoms with van der Waals surface area (Å²) < 4.78 is 33.9. The molecule has 0 amide bonds. The van der Waals surface area contributed by atoms with E-state index < -0.39 is 23.6 Å². The smallest absolute Gasteiger partial charge is 0.320 e. The van der Waals surface area contributed by atoms with E-state index >= 15 is 0 Å². The van der Waals surface area contributed by atoms with Gasteiger partial charge in [-0.15, -0.1) is 0 Å². The topological polar surface area (TPSA) is 84.6 Å². The van der Waals surface area contributed by atoms with Crippen molar-refractivity contribution in [2.75, 3.05) is 11.9 Å². The number of carboxylic acids is 1. The Labute approximate surface area is 150 Å². The van der Waals surface area contributed by atoms with Gasteiger partial charge in [0.15, 0.2) is 11.6 Å². The van der Waals surface area contributed by atoms with Crippen LogP contribution in [0.1, 0.15) is 23.6 Å². The van der Waals surface area contributed by atoms with Crippen LogP contribution in [0.2, 0.25) is 0 Å². The van der Waals surface area contributed by atoms with E-state index in [2.05, 4.69) is 5.32 Å². The van der Waals surface area contributed by atoms with Gasteiger partial charge in [0, 0.05) is 6.54 Å². The normalized spacial score (nSPS) is 11.9. The second-order valence-electron chi connectivity index (χ2n) is 6.07. The fourth-order valence-electron chi connectivity index (χ4n) is 2.72. The second kappa shape index (κ2) is 8.14. The van der Waals surface area contributed by atoms with E-state index in [1.165, 1.54) is 6.07 Å². The zero-order valence-corrected chi connectivity index (χ0v) is 14.9. The Bertz CT molecular complexity index is 802. The molecule has 0 aromatic heterocycles. The van der Waals surface area contributed by atoms with E-state index in [1.807, 2.05) is 0 Å². The van der Waals surface area contributed by atoms with Crippen LogP contribution in [-0.4, -0.2) is 23.7 Å². The molecule has 26 heavy (non-hydrogen) atoms. The second-order valence-corrected chi connectivity index (χ2v) is 6.07. The number of aliphatic carboxylic acids is 1. The molecule has 2 aromatic carbocycles. The van der Waals surface area contributed by atoms with Crippen LogP contribution in [0, 0.1) is 25.5 Å². The summed E-state index contributed by atoms with van der Waals surface area (Å²) in [5.74, 6) is -2.23. The van der Waals surface area contributed by atoms with Gasteiger partial charge in [-0.1, -0.05) is 12.1 Å². The average molecular weight is 364 g/mol. The quantitative estimate of drug-likeness (QED) is 0.697. The van der Waals surface area contributed by atoms with E-state index in [0.29, 0.717) is 23.4 Å². The predicted molar refractivity (Wildman–Crippen MR) is 95.8 cm³/mol. The lowest BCUT2D eigenvalue weighted by Crippen LogP contribution is -2.32. The summed E-state index contributed by atoms with van der Waals surface area (Å²) in [6.07, 6.45) is 0.173. The maximum atomic E-state index is 14.5. The first-order valence-corrected chi connectivity index (χ1v) is 8.22. The summed E-state index contributed by atoms with van der Waals surface area (Å²) in [6.45, 7) is 5.64. The van der Waals surface area contributed by atoms with Crippen LogP contribution < -0.4 is 15.8 Å². The van der Waals surface area contributed by atoms with Gasteiger partial charge in [0.05, 0.1) is 0 Å². The number of halogens is 2. The monoisotopic (exact) mass is 364 g/mol. The molecule has 1 atom stereocenters. The Morgan fingerprint density at radius 3 is 2.42 bits per heavy atom. The molecule has 0 aliphatic heterocycles. The van der Waals surface area contributed by atoms with E-state index in [9.17, 15) is 13.6 Å². The molecular formula is C19H22F2N2O3. The van der Waals surface area contributed by atoms with Crippen LogP contribution in [0.3, 0.4) is 0 Å². The summed E-state index contributed by atoms with van der Waals surface area (Å²) >= 11 is 0. The lowest BCUT2D eigenvalue weighted by molar-refractivity contribution is -0.138. The Morgan fingerprint density at radius 1 is 1.27 bits per heavy atom. The molecule has 0 heterocycles. The fourth-order valence-corrected chi connectivity index (χ4v) is 2.72. The van der Waals surface area contributed by atoms with Gasteiger partial charge in [-0.25, -0.2) is 8.78 Å². The van der Waals surface area contributed by atoms with Crippen molar-refractivity contribution in [3.05, 3.63) is 52.6 Å². The third-order valence-electron chi connectivity index (χ3n) is 3.91. The third kappa shape index (κ3) is 4.29. The van der Waals surface area contributed by atoms with E-state index in [-0.39, 0.29) is 17.9 Å². The van der Waals surface area contributed by atoms with Crippen LogP contribution in [0.25, 0.3) is 0 Å². The lowest BCUT2D eigenvalue weighted by atomic mass is 10.0. The first kappa shape index (κ1) is 19.7. The number of anilines is 1. The van der Waals surface area contributed by atoms with Crippen LogP contribution in [-0.2, 0) is 11.2 Å². The van der Waals surface area contributed by atoms with Gasteiger partial charge >= 0.3 is 5.97 Å². The number of ether oxygens (including phenoxy) is 1. The van der Waals surface area contributed by atoms with Gasteiger partial charge in [-0.3, -0.25) is 4.79 Å². The Morgan fingerprint density at radius 2 is 1.88 bits per heavy atom. The molecule has 1 unspecified atom stereocenters. The summed E-state index contributed by atoms with van der Waals surface area (Å²) in [7, 11) is 0. The van der Waals surface area contributed by atoms with Crippen molar-refractivity contribution in [3.8, 4) is 11.5 Å². The Hall–Kier alpha value is -2.67. The number of hydrogen-bond acceptors (Lipinski definition) is 4. The van der Waals surface area contributed by atoms with Gasteiger partial charge < -0.3 is 20.9 Å². The molecule has 0 bridgehead atoms. The standard InChI is InChI=1S/C19H22F2N2O3/c1-4-23-17-13(20)5-6-15(16(17)21)26-18-10(2)7-12(8-11(18)3)9-14(22)19(24)25/h5-8,14,23H,4,9,22H2,1-3H3,(H,24,25). The van der Waals surface area contributed by atoms with Gasteiger partial charge in [-0.05, 0) is 56.0 Å². The van der Waals surface area contributed by atoms with Crippen LogP contribution in [0.15, 0.2) is 24.3 Å². The van der Waals surface area contributed by atoms with Gasteiger partial charge in [-0.2, -0.15) is 0 Å². The molecule has 0 aliphatic carbocycles. The summed E-state index contributed by atoms with van der Waals surface area (Å²) in [5, 5.41) is 11.6. The molecule has 2 rings (SSSR count). The molecule has 0 spiro atoms. The highest BCUT2D eigenvalue weighted by Gasteiger charge is 2.18. The van der Waals surface area contributed by atoms with Crippen molar-refractivity contribution >= 4 is 11.7 Å². The van der Waals surface area contributed by atoms with Crippen molar-refractivity contribution < 1.29 is 23.4 Å². The fraction of sp³-hybridized carbons (Fsp3) is 0.316. The highest BCUT2D eigenvalue weighted by Crippen LogP contribution is 2.34. The molecule has 5 nitrogen and oxygen atoms in total. The number of nitrogens with one attached hydrogen (secondary N) is 1. The van der Waals surface area contributed by atoms with E-state index in [1.54, 1.807) is 32.9 Å². The Kier molecular flexibility index (Phi) is 6.15. The average Bonchev–Trinajstić information content (AvgIpc) is 2.56. The molecule has 2 aromatic rings. The maximum Gasteiger partial charge on any atom is 0.320 e. The zero-order valence-electron chi connectivity index (χ0n) is 14.9. The van der Waals surface area contributed by atoms with E-state index in [4.69, 9.17) is 15.6 Å². The number of hydrogen-bond donors (Lipinski definition) is 3. The highest BCUT2D eigenvalue weighted by atomic mass is 19.1. The van der Waals surface area contributed by atoms with E-state index in [0.717, 1.165) is 11.6 Å². The largest absolute Gasteiger partial charge is 0.480 e. The van der Waals surface area contributed by atoms with Gasteiger partial charge in [0.1, 0.15) is 23.3 Å². The van der Waals surface area contributed by atoms with Crippen molar-refractivity contribution in [3.63, 3.8) is 0 Å². The van der Waals surface area contributed by atoms with Crippen LogP contribution in [0.5, 0.6) is 11.5 Å². The minimum absolute atomic E-state index is 0.0939. The number of carbonyl (C=O) groups is 1. The number of aryl methyl sites for hydroxylation is 2. The summed E-state index contributed by atoms with van der Waals surface area (Å²) in [6, 6.07) is 4.87. The molecule has 0 fully saturated rings. The molecule has 0 saturated carbocycles. The molecule has 7 heteroatoms. The maximum absolute atomic E-state index is 14.5. The lowest BCUT2D eigenvalue weighted by Gasteiger charge is -2.16. The van der Waals surface area contributed by atoms with Crippen molar-refractivity contribution in [2.45, 2.75) is 33.2 Å². The van der Waals surface area contributed by atoms with Gasteiger partial charge in [0.2, 0.25) is 0 Å². The number of benzene rings is 2. The minimum atomic E-state index is -1.08.